The number of benzene rings is 1. The smallest absolute Gasteiger partial charge is 0.244 e. The Morgan fingerprint density at radius 2 is 1.89 bits per heavy atom. The largest absolute Gasteiger partial charge is 0.428 e. The maximum absolute atomic E-state index is 10.0. The van der Waals surface area contributed by atoms with Gasteiger partial charge in [-0.2, -0.15) is 9.71 Å². The molecule has 2 aliphatic heterocycles. The van der Waals surface area contributed by atoms with Crippen molar-refractivity contribution in [3.05, 3.63) is 48.2 Å². The van der Waals surface area contributed by atoms with E-state index in [1.165, 1.54) is 6.20 Å². The lowest BCUT2D eigenvalue weighted by Gasteiger charge is -2.13. The van der Waals surface area contributed by atoms with Gasteiger partial charge in [-0.1, -0.05) is 30.3 Å². The molecule has 0 aliphatic carbocycles. The molecule has 6 heteroatoms. The summed E-state index contributed by atoms with van der Waals surface area (Å²) in [6, 6.07) is 11.1. The fraction of sp³-hybridized carbons (Fsp3) is 0. The molecule has 1 aromatic rings. The minimum Gasteiger partial charge on any atom is -0.428 e. The van der Waals surface area contributed by atoms with Crippen molar-refractivity contribution in [3.63, 3.8) is 0 Å². The molecule has 19 heavy (non-hydrogen) atoms. The number of fused-ring (bicyclic) bond motifs is 1. The van der Waals surface area contributed by atoms with Gasteiger partial charge >= 0.3 is 0 Å². The lowest BCUT2D eigenvalue weighted by molar-refractivity contribution is 0.189. The van der Waals surface area contributed by atoms with Gasteiger partial charge in [0, 0.05) is 5.56 Å². The zero-order valence-corrected chi connectivity index (χ0v) is 9.91. The van der Waals surface area contributed by atoms with E-state index in [-0.39, 0.29) is 11.4 Å². The van der Waals surface area contributed by atoms with Gasteiger partial charge in [0.15, 0.2) is 0 Å². The van der Waals surface area contributed by atoms with Gasteiger partial charge in [0.25, 0.3) is 0 Å². The van der Waals surface area contributed by atoms with Crippen molar-refractivity contribution in [1.29, 1.82) is 5.41 Å². The van der Waals surface area contributed by atoms with Gasteiger partial charge < -0.3 is 10.9 Å². The summed E-state index contributed by atoms with van der Waals surface area (Å²) in [4.78, 5) is 7.77. The molecule has 2 aliphatic rings. The number of hydrogen-bond acceptors (Lipinski definition) is 5. The van der Waals surface area contributed by atoms with E-state index in [2.05, 4.69) is 9.97 Å². The van der Waals surface area contributed by atoms with E-state index in [4.69, 9.17) is 11.1 Å². The van der Waals surface area contributed by atoms with Gasteiger partial charge in [-0.15, -0.1) is 0 Å². The molecule has 0 saturated carbocycles. The quantitative estimate of drug-likeness (QED) is 0.570. The minimum atomic E-state index is -0.139. The van der Waals surface area contributed by atoms with E-state index in [1.807, 2.05) is 30.3 Å². The summed E-state index contributed by atoms with van der Waals surface area (Å²) in [5.74, 6) is 0.178. The van der Waals surface area contributed by atoms with Crippen LogP contribution in [0.15, 0.2) is 42.6 Å². The van der Waals surface area contributed by atoms with Gasteiger partial charge in [-0.25, -0.2) is 4.98 Å². The van der Waals surface area contributed by atoms with Crippen LogP contribution in [0.2, 0.25) is 0 Å². The summed E-state index contributed by atoms with van der Waals surface area (Å²) in [5.41, 5.74) is 8.04. The molecule has 0 bridgehead atoms. The van der Waals surface area contributed by atoms with Crippen LogP contribution in [0.4, 0.5) is 5.82 Å². The molecule has 0 aromatic heterocycles. The molecule has 6 nitrogen and oxygen atoms in total. The first-order valence-electron chi connectivity index (χ1n) is 5.64. The summed E-state index contributed by atoms with van der Waals surface area (Å²) in [7, 11) is 0. The molecule has 0 radical (unpaired) electrons. The van der Waals surface area contributed by atoms with Crippen LogP contribution in [0.5, 0.6) is 0 Å². The molecule has 3 rings (SSSR count). The molecule has 94 valence electrons. The molecule has 0 fully saturated rings. The number of hydrogen-bond donors (Lipinski definition) is 3. The first-order chi connectivity index (χ1) is 9.15. The number of aromatic nitrogens is 3. The maximum Gasteiger partial charge on any atom is 0.244 e. The van der Waals surface area contributed by atoms with Crippen molar-refractivity contribution in [2.24, 2.45) is 0 Å². The Morgan fingerprint density at radius 1 is 1.16 bits per heavy atom. The molecule has 0 unspecified atom stereocenters. The van der Waals surface area contributed by atoms with Crippen LogP contribution in [-0.2, 0) is 0 Å². The number of nitrogen functional groups attached to an aromatic ring is 1. The van der Waals surface area contributed by atoms with E-state index in [9.17, 15) is 5.21 Å². The molecule has 0 saturated heterocycles. The highest BCUT2D eigenvalue weighted by atomic mass is 16.5. The Kier molecular flexibility index (Phi) is 2.42. The Balaban J connectivity index is 2.32. The third kappa shape index (κ3) is 1.89. The lowest BCUT2D eigenvalue weighted by atomic mass is 10.1. The minimum absolute atomic E-state index is 0.139. The van der Waals surface area contributed by atoms with Crippen LogP contribution in [0.1, 0.15) is 0 Å². The lowest BCUT2D eigenvalue weighted by Crippen LogP contribution is -2.16. The molecule has 0 atom stereocenters. The van der Waals surface area contributed by atoms with Gasteiger partial charge in [-0.05, 0) is 6.07 Å². The predicted molar refractivity (Wildman–Crippen MR) is 69.5 cm³/mol. The Bertz CT molecular complexity index is 766. The van der Waals surface area contributed by atoms with Crippen molar-refractivity contribution >= 4 is 5.82 Å². The van der Waals surface area contributed by atoms with E-state index in [1.54, 1.807) is 6.07 Å². The third-order valence-electron chi connectivity index (χ3n) is 2.85. The van der Waals surface area contributed by atoms with E-state index >= 15 is 0 Å². The molecule has 0 spiro atoms. The molecule has 4 N–H and O–H groups in total. The SMILES string of the molecule is N=c1nc2cc(-c3ccccc3)n(O)cc-2c(N)n1. The number of rotatable bonds is 1. The van der Waals surface area contributed by atoms with Gasteiger partial charge in [0.05, 0.1) is 23.1 Å². The average Bonchev–Trinajstić information content (AvgIpc) is 2.40. The van der Waals surface area contributed by atoms with Crippen LogP contribution in [0.25, 0.3) is 22.5 Å². The van der Waals surface area contributed by atoms with Gasteiger partial charge in [0.2, 0.25) is 5.62 Å². The monoisotopic (exact) mass is 253 g/mol. The second-order valence-corrected chi connectivity index (χ2v) is 4.10. The van der Waals surface area contributed by atoms with Crippen molar-refractivity contribution in [2.45, 2.75) is 0 Å². The third-order valence-corrected chi connectivity index (χ3v) is 2.85. The Morgan fingerprint density at radius 3 is 2.63 bits per heavy atom. The van der Waals surface area contributed by atoms with Crippen LogP contribution < -0.4 is 11.4 Å². The summed E-state index contributed by atoms with van der Waals surface area (Å²) < 4.78 is 0.987. The number of nitrogens with two attached hydrogens (primary N) is 1. The zero-order chi connectivity index (χ0) is 13.4. The topological polar surface area (TPSA) is 101 Å². The van der Waals surface area contributed by atoms with Crippen molar-refractivity contribution < 1.29 is 5.21 Å². The highest BCUT2D eigenvalue weighted by Gasteiger charge is 2.14. The van der Waals surface area contributed by atoms with Crippen LogP contribution in [0, 0.1) is 5.41 Å². The first-order valence-corrected chi connectivity index (χ1v) is 5.64. The van der Waals surface area contributed by atoms with E-state index < -0.39 is 0 Å². The van der Waals surface area contributed by atoms with Crippen molar-refractivity contribution in [3.8, 4) is 22.5 Å². The van der Waals surface area contributed by atoms with Crippen LogP contribution in [-0.4, -0.2) is 19.9 Å². The fourth-order valence-corrected chi connectivity index (χ4v) is 1.96. The zero-order valence-electron chi connectivity index (χ0n) is 9.91. The molecule has 0 amide bonds. The normalized spacial score (nSPS) is 10.7. The van der Waals surface area contributed by atoms with E-state index in [0.29, 0.717) is 17.0 Å². The fourth-order valence-electron chi connectivity index (χ4n) is 1.96. The molecule has 1 aromatic carbocycles. The second-order valence-electron chi connectivity index (χ2n) is 4.10. The number of nitrogens with zero attached hydrogens (tertiary/aromatic N) is 3. The maximum atomic E-state index is 10.0. The number of nitrogens with one attached hydrogen (secondary N) is 1. The highest BCUT2D eigenvalue weighted by Crippen LogP contribution is 2.28. The molecule has 2 heterocycles. The summed E-state index contributed by atoms with van der Waals surface area (Å²) in [6.45, 7) is 0. The van der Waals surface area contributed by atoms with Crippen molar-refractivity contribution in [2.75, 3.05) is 5.73 Å². The van der Waals surface area contributed by atoms with Crippen LogP contribution in [0.3, 0.4) is 0 Å². The predicted octanol–water partition coefficient (Wildman–Crippen LogP) is 1.35. The van der Waals surface area contributed by atoms with E-state index in [0.717, 1.165) is 10.3 Å². The van der Waals surface area contributed by atoms with Gasteiger partial charge in [0.1, 0.15) is 5.82 Å². The first kappa shape index (κ1) is 11.2. The molecular formula is C13H11N5O. The Labute approximate surface area is 108 Å². The Hall–Kier alpha value is -2.89. The summed E-state index contributed by atoms with van der Waals surface area (Å²) >= 11 is 0. The molecular weight excluding hydrogens is 242 g/mol. The van der Waals surface area contributed by atoms with Crippen LogP contribution >= 0.6 is 0 Å². The second kappa shape index (κ2) is 4.09. The average molecular weight is 253 g/mol. The van der Waals surface area contributed by atoms with Gasteiger partial charge in [-0.3, -0.25) is 5.41 Å². The standard InChI is InChI=1S/C13H11N5O/c14-12-9-7-18(19)11(8-4-2-1-3-5-8)6-10(9)16-13(15)17-12/h1-7,19H,(H3,14,15,17). The number of anilines is 1. The summed E-state index contributed by atoms with van der Waals surface area (Å²) in [5, 5.41) is 17.5. The highest BCUT2D eigenvalue weighted by molar-refractivity contribution is 5.75. The number of pyridine rings is 1. The van der Waals surface area contributed by atoms with Crippen molar-refractivity contribution in [1.82, 2.24) is 14.7 Å². The summed E-state index contributed by atoms with van der Waals surface area (Å²) in [6.07, 6.45) is 1.45.